The van der Waals surface area contributed by atoms with Crippen LogP contribution >= 0.6 is 0 Å². The van der Waals surface area contributed by atoms with Crippen molar-refractivity contribution in [2.45, 2.75) is 228 Å². The highest BCUT2D eigenvalue weighted by molar-refractivity contribution is 5.76. The third kappa shape index (κ3) is 14.4. The molecular weight excluding hydrogens is 1190 g/mol. The summed E-state index contributed by atoms with van der Waals surface area (Å²) in [5.74, 6) is -0.575. The zero-order valence-corrected chi connectivity index (χ0v) is 46.0. The van der Waals surface area contributed by atoms with Crippen LogP contribution in [-0.2, 0) is 77.5 Å². The Morgan fingerprint density at radius 2 is 0.506 bits per heavy atom. The minimum Gasteiger partial charge on any atom is -0.394 e. The molecule has 21 fully saturated rings. The maximum atomic E-state index is 13.3. The van der Waals surface area contributed by atoms with Crippen LogP contribution in [0.3, 0.4) is 0 Å². The molecule has 36 nitrogen and oxygen atoms in total. The molecule has 36 heteroatoms. The molecule has 22 rings (SSSR count). The number of hydrogen-bond acceptors (Lipinski definition) is 35. The average molecular weight is 1270 g/mol. The van der Waals surface area contributed by atoms with Crippen LogP contribution in [0, 0.1) is 0 Å². The first-order chi connectivity index (χ1) is 41.6. The number of aliphatic hydroxyl groups is 20. The maximum Gasteiger partial charge on any atom is 0.220 e. The maximum absolute atomic E-state index is 13.3. The Labute approximate surface area is 493 Å². The molecule has 21 aliphatic rings. The van der Waals surface area contributed by atoms with Crippen LogP contribution < -0.4 is 5.32 Å². The van der Waals surface area contributed by atoms with E-state index in [0.717, 1.165) is 5.56 Å². The fraction of sp³-hybridized carbons (Fsp3) is 0.863. The lowest BCUT2D eigenvalue weighted by Crippen LogP contribution is -2.68. The third-order valence-electron chi connectivity index (χ3n) is 16.6. The first-order valence-corrected chi connectivity index (χ1v) is 28.2. The number of carbonyl (C=O) groups is 1. The lowest BCUT2D eigenvalue weighted by atomic mass is 9.95. The molecule has 0 saturated carbocycles. The molecule has 21 aliphatic heterocycles. The van der Waals surface area contributed by atoms with Gasteiger partial charge in [0.15, 0.2) is 44.0 Å². The van der Waals surface area contributed by atoms with Crippen molar-refractivity contribution in [1.82, 2.24) is 5.32 Å². The minimum absolute atomic E-state index is 0.0894. The normalized spacial score (nSPS) is 50.2. The van der Waals surface area contributed by atoms with Gasteiger partial charge in [-0.25, -0.2) is 0 Å². The van der Waals surface area contributed by atoms with E-state index in [2.05, 4.69) is 5.32 Å². The molecule has 21 saturated heterocycles. The predicted molar refractivity (Wildman–Crippen MR) is 269 cm³/mol. The van der Waals surface area contributed by atoms with Gasteiger partial charge < -0.3 is 174 Å². The van der Waals surface area contributed by atoms with Crippen molar-refractivity contribution in [1.29, 1.82) is 0 Å². The van der Waals surface area contributed by atoms with E-state index in [1.165, 1.54) is 0 Å². The molecule has 0 spiro atoms. The zero-order valence-electron chi connectivity index (χ0n) is 46.0. The molecule has 35 atom stereocenters. The second-order valence-electron chi connectivity index (χ2n) is 22.3. The van der Waals surface area contributed by atoms with Crippen molar-refractivity contribution < 1.29 is 173 Å². The summed E-state index contributed by atoms with van der Waals surface area (Å²) in [5.41, 5.74) is 0.794. The first kappa shape index (κ1) is 68.7. The van der Waals surface area contributed by atoms with Gasteiger partial charge in [0.25, 0.3) is 0 Å². The predicted octanol–water partition coefficient (Wildman–Crippen LogP) is -13.5. The van der Waals surface area contributed by atoms with Gasteiger partial charge in [0.1, 0.15) is 171 Å². The van der Waals surface area contributed by atoms with E-state index in [9.17, 15) is 107 Å². The number of aliphatic hydroxyl groups excluding tert-OH is 20. The number of aryl methyl sites for hydroxylation is 1. The molecule has 498 valence electrons. The van der Waals surface area contributed by atoms with Crippen LogP contribution in [0.4, 0.5) is 0 Å². The van der Waals surface area contributed by atoms with E-state index in [1.54, 1.807) is 30.3 Å². The minimum atomic E-state index is -2.24. The van der Waals surface area contributed by atoms with Gasteiger partial charge in [-0.15, -0.1) is 0 Å². The second-order valence-corrected chi connectivity index (χ2v) is 22.3. The molecule has 1 aromatic rings. The quantitative estimate of drug-likeness (QED) is 0.0978. The molecule has 0 aromatic heterocycles. The Balaban J connectivity index is 1.01. The molecule has 87 heavy (non-hydrogen) atoms. The topological polar surface area (TPSA) is 563 Å². The second kappa shape index (κ2) is 29.9. The van der Waals surface area contributed by atoms with Gasteiger partial charge in [0, 0.05) is 13.0 Å². The number of carbonyl (C=O) groups excluding carboxylic acids is 1. The molecule has 1 amide bonds. The standard InChI is InChI=1S/C51H79NO35/c53-9-17-39-26(62)33(69)47(76-17)84-41-19(11-55)78-49(35(71)28(41)64)86-43-21(13-57)80-51(37(73)30(43)66)87-44-22(14-58)79-50(36(72)29(44)65)85-42-20(12-56)77-48(34(70)27(42)63)83-40-18(10-54)75-46(32(68)25(40)61)81-38-16(74-45(82-39)31(67)24(38)60)8-52-23(59)7-6-15-4-2-1-3-5-15/h1-5,16-22,24-51,53-58,60-73H,6-14H2,(H,52,59)/t16-,17-,18-,19-,20-,21-,22-,24-,25-,26-,27-,28-,29-,30-,31-,32-,33-,34-,35-,36-,37-,38-,39-,40-,41-,42-,43-,44-,45-,46-,47-,48-,49-,50-,51-/m1/s1. The Hall–Kier alpha value is -2.67. The lowest BCUT2D eigenvalue weighted by molar-refractivity contribution is -0.396. The van der Waals surface area contributed by atoms with Gasteiger partial charge in [0.2, 0.25) is 5.91 Å². The molecule has 21 N–H and O–H groups in total. The van der Waals surface area contributed by atoms with E-state index in [4.69, 9.17) is 66.3 Å². The SMILES string of the molecule is O=C(CCc1ccccc1)NC[C@H]1O[C@@H]2O[C@H]3[C@H](O)[C@@H](O)[C@@H](O[C@H]4[C@H](O)[C@@H](O)[C@@H](O[C@H]5[C@H](O)[C@@H](O)[C@@H](O[C@H]6[C@H](O)[C@@H](O)[C@@H](O[C@H]7[C@H](O)[C@@H](O)[C@@H](O[C@H]8[C@H](O)[C@@H](O)[C@@H](O[C@H]1[C@H](O)[C@H]2O)O[C@@H]8CO)O[C@@H]7CO)O[C@@H]6CO)O[C@@H]5CO)O[C@@H]4CO)O[C@@H]3CO. The van der Waals surface area contributed by atoms with Crippen LogP contribution in [0.5, 0.6) is 0 Å². The van der Waals surface area contributed by atoms with Crippen molar-refractivity contribution in [3.63, 3.8) is 0 Å². The van der Waals surface area contributed by atoms with Crippen LogP contribution in [0.1, 0.15) is 12.0 Å². The molecule has 21 heterocycles. The first-order valence-electron chi connectivity index (χ1n) is 28.2. The molecule has 1 aromatic carbocycles. The van der Waals surface area contributed by atoms with E-state index >= 15 is 0 Å². The Morgan fingerprint density at radius 3 is 0.724 bits per heavy atom. The van der Waals surface area contributed by atoms with Crippen molar-refractivity contribution in [3.05, 3.63) is 35.9 Å². The molecule has 0 aliphatic carbocycles. The van der Waals surface area contributed by atoms with Crippen molar-refractivity contribution in [3.8, 4) is 0 Å². The third-order valence-corrected chi connectivity index (χ3v) is 16.6. The van der Waals surface area contributed by atoms with Crippen LogP contribution in [0.15, 0.2) is 30.3 Å². The lowest BCUT2D eigenvalue weighted by Gasteiger charge is -2.50. The average Bonchev–Trinajstić information content (AvgIpc) is 1.17. The number of amides is 1. The van der Waals surface area contributed by atoms with E-state index < -0.39 is 267 Å². The van der Waals surface area contributed by atoms with E-state index in [0.29, 0.717) is 0 Å². The largest absolute Gasteiger partial charge is 0.394 e. The summed E-state index contributed by atoms with van der Waals surface area (Å²) in [6.07, 6.45) is -70.7. The Morgan fingerprint density at radius 1 is 0.299 bits per heavy atom. The van der Waals surface area contributed by atoms with E-state index in [1.807, 2.05) is 0 Å². The highest BCUT2D eigenvalue weighted by Crippen LogP contribution is 2.39. The summed E-state index contributed by atoms with van der Waals surface area (Å²) in [6.45, 7) is -6.93. The number of rotatable bonds is 11. The number of ether oxygens (including phenoxy) is 14. The van der Waals surface area contributed by atoms with Crippen molar-refractivity contribution >= 4 is 5.91 Å². The number of hydrogen-bond donors (Lipinski definition) is 21. The fourth-order valence-electron chi connectivity index (χ4n) is 11.6. The number of nitrogens with one attached hydrogen (secondary N) is 1. The number of benzene rings is 1. The molecule has 0 radical (unpaired) electrons. The highest BCUT2D eigenvalue weighted by atomic mass is 16.8. The summed E-state index contributed by atoms with van der Waals surface area (Å²) in [7, 11) is 0. The van der Waals surface area contributed by atoms with Gasteiger partial charge in [-0.3, -0.25) is 4.79 Å². The molecule has 0 unspecified atom stereocenters. The Kier molecular flexibility index (Phi) is 23.6. The van der Waals surface area contributed by atoms with Gasteiger partial charge in [-0.2, -0.15) is 0 Å². The summed E-state index contributed by atoms with van der Waals surface area (Å²) in [4.78, 5) is 13.3. The van der Waals surface area contributed by atoms with Gasteiger partial charge in [-0.05, 0) is 12.0 Å². The smallest absolute Gasteiger partial charge is 0.220 e. The summed E-state index contributed by atoms with van der Waals surface area (Å²) < 4.78 is 81.1. The summed E-state index contributed by atoms with van der Waals surface area (Å²) in [6, 6.07) is 8.85. The van der Waals surface area contributed by atoms with E-state index in [-0.39, 0.29) is 12.8 Å². The van der Waals surface area contributed by atoms with Gasteiger partial charge in [-0.1, -0.05) is 30.3 Å². The van der Waals surface area contributed by atoms with Gasteiger partial charge in [0.05, 0.1) is 39.6 Å². The monoisotopic (exact) mass is 1270 g/mol. The van der Waals surface area contributed by atoms with Crippen LogP contribution in [-0.4, -0.2) is 369 Å². The molecular formula is C51H79NO35. The van der Waals surface area contributed by atoms with Crippen LogP contribution in [0.25, 0.3) is 0 Å². The van der Waals surface area contributed by atoms with Crippen molar-refractivity contribution in [2.24, 2.45) is 0 Å². The summed E-state index contributed by atoms with van der Waals surface area (Å²) >= 11 is 0. The Bertz CT molecular complexity index is 2270. The van der Waals surface area contributed by atoms with Gasteiger partial charge >= 0.3 is 0 Å². The zero-order chi connectivity index (χ0) is 62.9. The molecule has 14 bridgehead atoms. The van der Waals surface area contributed by atoms with Crippen molar-refractivity contribution in [2.75, 3.05) is 46.2 Å². The highest BCUT2D eigenvalue weighted by Gasteiger charge is 2.59. The van der Waals surface area contributed by atoms with Crippen LogP contribution in [0.2, 0.25) is 0 Å². The fourth-order valence-corrected chi connectivity index (χ4v) is 11.6. The summed E-state index contributed by atoms with van der Waals surface area (Å²) in [5, 5.41) is 226.